The average molecular weight is 388 g/mol. The third-order valence-corrected chi connectivity index (χ3v) is 5.00. The Morgan fingerprint density at radius 3 is 2.85 bits per heavy atom. The van der Waals surface area contributed by atoms with Gasteiger partial charge in [-0.05, 0) is 12.1 Å². The number of aromatic nitrogens is 3. The summed E-state index contributed by atoms with van der Waals surface area (Å²) in [5.74, 6) is -0.878. The molecule has 1 atom stereocenters. The molecule has 1 fully saturated rings. The predicted octanol–water partition coefficient (Wildman–Crippen LogP) is 0.551. The van der Waals surface area contributed by atoms with Crippen LogP contribution in [-0.2, 0) is 27.3 Å². The summed E-state index contributed by atoms with van der Waals surface area (Å²) in [5.41, 5.74) is 0.784. The van der Waals surface area contributed by atoms with Crippen LogP contribution >= 0.6 is 11.3 Å². The summed E-state index contributed by atoms with van der Waals surface area (Å²) < 4.78 is 0. The lowest BCUT2D eigenvalue weighted by Crippen LogP contribution is -2.28. The summed E-state index contributed by atoms with van der Waals surface area (Å²) >= 11 is 1.16. The van der Waals surface area contributed by atoms with Gasteiger partial charge in [0.2, 0.25) is 22.9 Å². The van der Waals surface area contributed by atoms with Crippen LogP contribution in [0.25, 0.3) is 0 Å². The van der Waals surface area contributed by atoms with Gasteiger partial charge >= 0.3 is 0 Å². The number of hydrogen-bond donors (Lipinski definition) is 1. The second-order valence-corrected chi connectivity index (χ2v) is 7.51. The van der Waals surface area contributed by atoms with E-state index in [2.05, 4.69) is 20.5 Å². The molecule has 1 aliphatic rings. The Balaban J connectivity index is 1.55. The maximum absolute atomic E-state index is 12.5. The van der Waals surface area contributed by atoms with Crippen molar-refractivity contribution >= 4 is 34.2 Å². The van der Waals surface area contributed by atoms with Crippen LogP contribution < -0.4 is 5.32 Å². The average Bonchev–Trinajstić information content (AvgIpc) is 3.22. The molecule has 0 saturated carbocycles. The molecule has 9 nitrogen and oxygen atoms in total. The molecule has 0 aromatic carbocycles. The fourth-order valence-electron chi connectivity index (χ4n) is 2.66. The maximum atomic E-state index is 12.5. The van der Waals surface area contributed by atoms with Crippen LogP contribution in [0.4, 0.5) is 5.13 Å². The number of carbonyl (C=O) groups excluding carboxylic acids is 3. The highest BCUT2D eigenvalue weighted by atomic mass is 32.1. The quantitative estimate of drug-likeness (QED) is 0.774. The van der Waals surface area contributed by atoms with Crippen molar-refractivity contribution in [2.45, 2.75) is 19.4 Å². The monoisotopic (exact) mass is 388 g/mol. The third-order valence-electron chi connectivity index (χ3n) is 4.16. The number of likely N-dealkylation sites (N-methyl/N-ethyl adjacent to an activating group) is 1. The van der Waals surface area contributed by atoms with Gasteiger partial charge in [-0.25, -0.2) is 0 Å². The molecule has 3 rings (SSSR count). The normalized spacial score (nSPS) is 16.4. The van der Waals surface area contributed by atoms with Gasteiger partial charge in [-0.3, -0.25) is 19.4 Å². The maximum Gasteiger partial charge on any atom is 0.231 e. The number of pyridine rings is 1. The molecule has 2 aromatic rings. The van der Waals surface area contributed by atoms with Gasteiger partial charge in [-0.15, -0.1) is 10.2 Å². The zero-order valence-corrected chi connectivity index (χ0v) is 15.9. The van der Waals surface area contributed by atoms with Crippen molar-refractivity contribution in [3.63, 3.8) is 0 Å². The molecule has 3 amide bonds. The molecule has 1 saturated heterocycles. The Morgan fingerprint density at radius 2 is 2.15 bits per heavy atom. The minimum Gasteiger partial charge on any atom is -0.348 e. The SMILES string of the molecule is CN(C)C(=O)Cc1nnc(NC(=O)C2CC(=O)N(Cc3ccccn3)C2)s1. The molecule has 1 aliphatic heterocycles. The van der Waals surface area contributed by atoms with Gasteiger partial charge in [-0.2, -0.15) is 0 Å². The van der Waals surface area contributed by atoms with Crippen molar-refractivity contribution in [2.75, 3.05) is 26.0 Å². The van der Waals surface area contributed by atoms with Crippen molar-refractivity contribution in [3.8, 4) is 0 Å². The van der Waals surface area contributed by atoms with E-state index in [4.69, 9.17) is 0 Å². The second kappa shape index (κ2) is 8.21. The van der Waals surface area contributed by atoms with Gasteiger partial charge in [0.1, 0.15) is 5.01 Å². The van der Waals surface area contributed by atoms with Crippen LogP contribution in [0.1, 0.15) is 17.1 Å². The molecule has 0 aliphatic carbocycles. The third kappa shape index (κ3) is 4.85. The van der Waals surface area contributed by atoms with E-state index in [1.165, 1.54) is 4.90 Å². The zero-order valence-electron chi connectivity index (χ0n) is 15.1. The van der Waals surface area contributed by atoms with Crippen molar-refractivity contribution in [1.29, 1.82) is 0 Å². The standard InChI is InChI=1S/C17H20N6O3S/c1-22(2)14(24)8-13-20-21-17(27-13)19-16(26)11-7-15(25)23(9-11)10-12-5-3-4-6-18-12/h3-6,11H,7-10H2,1-2H3,(H,19,21,26). The predicted molar refractivity (Wildman–Crippen MR) is 98.7 cm³/mol. The summed E-state index contributed by atoms with van der Waals surface area (Å²) in [5, 5.41) is 11.4. The molecule has 0 spiro atoms. The van der Waals surface area contributed by atoms with Crippen molar-refractivity contribution in [3.05, 3.63) is 35.1 Å². The smallest absolute Gasteiger partial charge is 0.231 e. The lowest BCUT2D eigenvalue weighted by molar-refractivity contribution is -0.129. The van der Waals surface area contributed by atoms with E-state index in [1.54, 1.807) is 25.2 Å². The van der Waals surface area contributed by atoms with E-state index >= 15 is 0 Å². The summed E-state index contributed by atoms with van der Waals surface area (Å²) in [6.45, 7) is 0.727. The summed E-state index contributed by atoms with van der Waals surface area (Å²) in [6, 6.07) is 5.52. The zero-order chi connectivity index (χ0) is 19.4. The lowest BCUT2D eigenvalue weighted by atomic mass is 10.1. The summed E-state index contributed by atoms with van der Waals surface area (Å²) in [6.07, 6.45) is 1.97. The molecule has 0 radical (unpaired) electrons. The molecular weight excluding hydrogens is 368 g/mol. The first kappa shape index (κ1) is 18.9. The van der Waals surface area contributed by atoms with E-state index < -0.39 is 5.92 Å². The Kier molecular flexibility index (Phi) is 5.75. The van der Waals surface area contributed by atoms with Gasteiger partial charge in [0.05, 0.1) is 24.6 Å². The van der Waals surface area contributed by atoms with Gasteiger partial charge in [0, 0.05) is 33.3 Å². The lowest BCUT2D eigenvalue weighted by Gasteiger charge is -2.15. The minimum atomic E-state index is -0.447. The van der Waals surface area contributed by atoms with Gasteiger partial charge in [0.25, 0.3) is 0 Å². The van der Waals surface area contributed by atoms with Crippen LogP contribution in [-0.4, -0.2) is 63.3 Å². The second-order valence-electron chi connectivity index (χ2n) is 6.45. The summed E-state index contributed by atoms with van der Waals surface area (Å²) in [4.78, 5) is 43.7. The molecule has 27 heavy (non-hydrogen) atoms. The van der Waals surface area contributed by atoms with Gasteiger partial charge in [-0.1, -0.05) is 17.4 Å². The minimum absolute atomic E-state index is 0.0738. The van der Waals surface area contributed by atoms with Crippen molar-refractivity contribution < 1.29 is 14.4 Å². The molecular formula is C17H20N6O3S. The first-order valence-corrected chi connectivity index (χ1v) is 9.25. The van der Waals surface area contributed by atoms with E-state index in [0.717, 1.165) is 17.0 Å². The highest BCUT2D eigenvalue weighted by Gasteiger charge is 2.34. The Bertz CT molecular complexity index is 838. The van der Waals surface area contributed by atoms with Gasteiger partial charge < -0.3 is 15.1 Å². The molecule has 142 valence electrons. The molecule has 1 unspecified atom stereocenters. The molecule has 10 heteroatoms. The highest BCUT2D eigenvalue weighted by Crippen LogP contribution is 2.23. The van der Waals surface area contributed by atoms with Crippen molar-refractivity contribution in [2.24, 2.45) is 5.92 Å². The fraction of sp³-hybridized carbons (Fsp3) is 0.412. The number of rotatable bonds is 6. The molecule has 2 aromatic heterocycles. The number of nitrogens with one attached hydrogen (secondary N) is 1. The van der Waals surface area contributed by atoms with Crippen LogP contribution in [0.2, 0.25) is 0 Å². The van der Waals surface area contributed by atoms with Crippen molar-refractivity contribution in [1.82, 2.24) is 25.0 Å². The van der Waals surface area contributed by atoms with E-state index in [1.807, 2.05) is 18.2 Å². The number of nitrogens with zero attached hydrogens (tertiary/aromatic N) is 5. The number of amides is 3. The molecule has 0 bridgehead atoms. The van der Waals surface area contributed by atoms with E-state index in [-0.39, 0.29) is 30.6 Å². The molecule has 3 heterocycles. The number of hydrogen-bond acceptors (Lipinski definition) is 7. The van der Waals surface area contributed by atoms with Crippen LogP contribution in [0, 0.1) is 5.92 Å². The number of carbonyl (C=O) groups is 3. The van der Waals surface area contributed by atoms with Crippen LogP contribution in [0.15, 0.2) is 24.4 Å². The largest absolute Gasteiger partial charge is 0.348 e. The number of anilines is 1. The van der Waals surface area contributed by atoms with E-state index in [9.17, 15) is 14.4 Å². The summed E-state index contributed by atoms with van der Waals surface area (Å²) in [7, 11) is 3.33. The van der Waals surface area contributed by atoms with Gasteiger partial charge in [0.15, 0.2) is 0 Å². The Hall–Kier alpha value is -2.88. The highest BCUT2D eigenvalue weighted by molar-refractivity contribution is 7.15. The first-order chi connectivity index (χ1) is 12.9. The van der Waals surface area contributed by atoms with E-state index in [0.29, 0.717) is 23.2 Å². The topological polar surface area (TPSA) is 108 Å². The Labute approximate surface area is 160 Å². The Morgan fingerprint density at radius 1 is 1.33 bits per heavy atom. The van der Waals surface area contributed by atoms with Crippen LogP contribution in [0.3, 0.4) is 0 Å². The fourth-order valence-corrected chi connectivity index (χ4v) is 3.39. The van der Waals surface area contributed by atoms with Crippen LogP contribution in [0.5, 0.6) is 0 Å². The molecule has 1 N–H and O–H groups in total. The first-order valence-electron chi connectivity index (χ1n) is 8.43. The number of likely N-dealkylation sites (tertiary alicyclic amines) is 1.